The summed E-state index contributed by atoms with van der Waals surface area (Å²) >= 11 is 0. The first-order chi connectivity index (χ1) is 12.8. The second kappa shape index (κ2) is 6.35. The van der Waals surface area contributed by atoms with Crippen LogP contribution in [0.15, 0.2) is 12.4 Å². The lowest BCUT2D eigenvalue weighted by molar-refractivity contribution is 0.245. The van der Waals surface area contributed by atoms with E-state index in [1.165, 1.54) is 36.2 Å². The molecule has 1 aliphatic carbocycles. The topological polar surface area (TPSA) is 78.2 Å². The van der Waals surface area contributed by atoms with E-state index in [1.54, 1.807) is 6.33 Å². The molecule has 0 amide bonds. The summed E-state index contributed by atoms with van der Waals surface area (Å²) in [7, 11) is 0. The Morgan fingerprint density at radius 2 is 1.96 bits per heavy atom. The lowest BCUT2D eigenvalue weighted by Gasteiger charge is -2.35. The number of aromatic amines is 1. The van der Waals surface area contributed by atoms with Gasteiger partial charge in [0.1, 0.15) is 12.1 Å². The van der Waals surface area contributed by atoms with Crippen LogP contribution in [0.1, 0.15) is 35.5 Å². The lowest BCUT2D eigenvalue weighted by atomic mass is 9.96. The lowest BCUT2D eigenvalue weighted by Crippen LogP contribution is -2.46. The molecule has 1 saturated heterocycles. The molecule has 136 valence electrons. The molecule has 0 bridgehead atoms. The fourth-order valence-corrected chi connectivity index (χ4v) is 4.16. The van der Waals surface area contributed by atoms with Crippen molar-refractivity contribution in [2.24, 2.45) is 0 Å². The van der Waals surface area contributed by atoms with E-state index in [0.717, 1.165) is 50.7 Å². The number of hydrogen-bond donors (Lipinski definition) is 1. The Kier molecular flexibility index (Phi) is 3.85. The molecule has 0 radical (unpaired) electrons. The SMILES string of the molecule is Cc1cc(N2CCN(Cc3n[nH]c4c3CCCC4)CC2)n2ncnc2n1. The van der Waals surface area contributed by atoms with Gasteiger partial charge in [-0.1, -0.05) is 0 Å². The molecule has 0 saturated carbocycles. The van der Waals surface area contributed by atoms with Crippen molar-refractivity contribution in [1.82, 2.24) is 34.7 Å². The van der Waals surface area contributed by atoms with Gasteiger partial charge in [0.2, 0.25) is 0 Å². The summed E-state index contributed by atoms with van der Waals surface area (Å²) in [6.45, 7) is 6.97. The zero-order valence-electron chi connectivity index (χ0n) is 15.1. The smallest absolute Gasteiger partial charge is 0.254 e. The first-order valence-electron chi connectivity index (χ1n) is 9.47. The largest absolute Gasteiger partial charge is 0.354 e. The van der Waals surface area contributed by atoms with E-state index in [0.29, 0.717) is 5.78 Å². The van der Waals surface area contributed by atoms with Crippen LogP contribution in [-0.4, -0.2) is 60.9 Å². The van der Waals surface area contributed by atoms with E-state index in [9.17, 15) is 0 Å². The number of hydrogen-bond acceptors (Lipinski definition) is 6. The van der Waals surface area contributed by atoms with Gasteiger partial charge in [-0.3, -0.25) is 10.00 Å². The maximum Gasteiger partial charge on any atom is 0.254 e. The molecular weight excluding hydrogens is 328 g/mol. The van der Waals surface area contributed by atoms with Crippen LogP contribution in [0.3, 0.4) is 0 Å². The Morgan fingerprint density at radius 3 is 2.85 bits per heavy atom. The highest BCUT2D eigenvalue weighted by Gasteiger charge is 2.23. The van der Waals surface area contributed by atoms with Gasteiger partial charge < -0.3 is 4.90 Å². The third-order valence-corrected chi connectivity index (χ3v) is 5.57. The quantitative estimate of drug-likeness (QED) is 0.767. The Balaban J connectivity index is 1.29. The molecule has 3 aromatic heterocycles. The molecule has 1 aliphatic heterocycles. The first kappa shape index (κ1) is 15.7. The van der Waals surface area contributed by atoms with Gasteiger partial charge in [0.25, 0.3) is 5.78 Å². The predicted octanol–water partition coefficient (Wildman–Crippen LogP) is 1.36. The highest BCUT2D eigenvalue weighted by Crippen LogP contribution is 2.24. The van der Waals surface area contributed by atoms with Crippen molar-refractivity contribution in [3.05, 3.63) is 35.0 Å². The third kappa shape index (κ3) is 2.74. The summed E-state index contributed by atoms with van der Waals surface area (Å²) in [5.41, 5.74) is 5.08. The highest BCUT2D eigenvalue weighted by atomic mass is 15.4. The minimum absolute atomic E-state index is 0.672. The maximum atomic E-state index is 4.60. The Morgan fingerprint density at radius 1 is 1.12 bits per heavy atom. The van der Waals surface area contributed by atoms with Crippen LogP contribution in [0.4, 0.5) is 5.82 Å². The number of fused-ring (bicyclic) bond motifs is 2. The van der Waals surface area contributed by atoms with Gasteiger partial charge in [-0.2, -0.15) is 19.7 Å². The number of piperazine rings is 1. The maximum absolute atomic E-state index is 4.60. The number of nitrogens with zero attached hydrogens (tertiary/aromatic N) is 7. The van der Waals surface area contributed by atoms with Crippen LogP contribution >= 0.6 is 0 Å². The molecule has 8 nitrogen and oxygen atoms in total. The van der Waals surface area contributed by atoms with Gasteiger partial charge in [-0.25, -0.2) is 4.98 Å². The predicted molar refractivity (Wildman–Crippen MR) is 98.2 cm³/mol. The fraction of sp³-hybridized carbons (Fsp3) is 0.556. The second-order valence-corrected chi connectivity index (χ2v) is 7.33. The van der Waals surface area contributed by atoms with Gasteiger partial charge in [0.05, 0.1) is 5.69 Å². The molecule has 2 aliphatic rings. The van der Waals surface area contributed by atoms with Crippen molar-refractivity contribution >= 4 is 11.6 Å². The third-order valence-electron chi connectivity index (χ3n) is 5.57. The van der Waals surface area contributed by atoms with Crippen LogP contribution in [0.2, 0.25) is 0 Å². The van der Waals surface area contributed by atoms with E-state index in [-0.39, 0.29) is 0 Å². The fourth-order valence-electron chi connectivity index (χ4n) is 4.16. The highest BCUT2D eigenvalue weighted by molar-refractivity contribution is 5.47. The standard InChI is InChI=1S/C18H24N8/c1-13-10-17(26-18(21-13)19-12-20-26)25-8-6-24(7-9-25)11-16-14-4-2-3-5-15(14)22-23-16/h10,12H,2-9,11H2,1H3,(H,22,23). The zero-order chi connectivity index (χ0) is 17.5. The molecule has 8 heteroatoms. The van der Waals surface area contributed by atoms with Crippen molar-refractivity contribution in [2.75, 3.05) is 31.1 Å². The van der Waals surface area contributed by atoms with Gasteiger partial charge in [0, 0.05) is 50.2 Å². The Hall–Kier alpha value is -2.48. The van der Waals surface area contributed by atoms with E-state index >= 15 is 0 Å². The summed E-state index contributed by atoms with van der Waals surface area (Å²) in [4.78, 5) is 13.6. The number of aromatic nitrogens is 6. The monoisotopic (exact) mass is 352 g/mol. The molecule has 4 heterocycles. The van der Waals surface area contributed by atoms with E-state index in [1.807, 2.05) is 11.4 Å². The normalized spacial score (nSPS) is 18.4. The number of aryl methyl sites for hydroxylation is 2. The average molecular weight is 352 g/mol. The van der Waals surface area contributed by atoms with E-state index < -0.39 is 0 Å². The van der Waals surface area contributed by atoms with Crippen molar-refractivity contribution in [3.63, 3.8) is 0 Å². The van der Waals surface area contributed by atoms with Crippen molar-refractivity contribution in [3.8, 4) is 0 Å². The number of H-pyrrole nitrogens is 1. The van der Waals surface area contributed by atoms with Crippen molar-refractivity contribution in [2.45, 2.75) is 39.2 Å². The minimum atomic E-state index is 0.672. The van der Waals surface area contributed by atoms with Crippen LogP contribution in [-0.2, 0) is 19.4 Å². The molecule has 3 aromatic rings. The van der Waals surface area contributed by atoms with Crippen molar-refractivity contribution < 1.29 is 0 Å². The summed E-state index contributed by atoms with van der Waals surface area (Å²) in [6, 6.07) is 2.10. The number of anilines is 1. The van der Waals surface area contributed by atoms with Gasteiger partial charge >= 0.3 is 0 Å². The molecule has 0 spiro atoms. The zero-order valence-corrected chi connectivity index (χ0v) is 15.1. The molecule has 0 atom stereocenters. The molecular formula is C18H24N8. The minimum Gasteiger partial charge on any atom is -0.354 e. The summed E-state index contributed by atoms with van der Waals surface area (Å²) < 4.78 is 1.84. The van der Waals surface area contributed by atoms with Gasteiger partial charge in [-0.15, -0.1) is 0 Å². The summed E-state index contributed by atoms with van der Waals surface area (Å²) in [5, 5.41) is 12.2. The molecule has 5 rings (SSSR count). The van der Waals surface area contributed by atoms with Gasteiger partial charge in [0.15, 0.2) is 0 Å². The molecule has 1 fully saturated rings. The molecule has 1 N–H and O–H groups in total. The summed E-state index contributed by atoms with van der Waals surface area (Å²) in [5.74, 6) is 1.76. The first-order valence-corrected chi connectivity index (χ1v) is 9.47. The van der Waals surface area contributed by atoms with Crippen LogP contribution in [0.5, 0.6) is 0 Å². The van der Waals surface area contributed by atoms with Crippen LogP contribution < -0.4 is 4.90 Å². The Labute approximate surface area is 152 Å². The molecule has 26 heavy (non-hydrogen) atoms. The Bertz CT molecular complexity index is 919. The molecule has 0 unspecified atom stereocenters. The van der Waals surface area contributed by atoms with E-state index in [4.69, 9.17) is 0 Å². The van der Waals surface area contributed by atoms with Gasteiger partial charge in [-0.05, 0) is 38.2 Å². The number of nitrogens with one attached hydrogen (secondary N) is 1. The second-order valence-electron chi connectivity index (χ2n) is 7.33. The summed E-state index contributed by atoms with van der Waals surface area (Å²) in [6.07, 6.45) is 6.49. The van der Waals surface area contributed by atoms with Crippen molar-refractivity contribution in [1.29, 1.82) is 0 Å². The van der Waals surface area contributed by atoms with Crippen LogP contribution in [0.25, 0.3) is 5.78 Å². The van der Waals surface area contributed by atoms with E-state index in [2.05, 4.69) is 41.1 Å². The van der Waals surface area contributed by atoms with Crippen LogP contribution in [0, 0.1) is 6.92 Å². The molecule has 0 aromatic carbocycles. The average Bonchev–Trinajstić information content (AvgIpc) is 3.29. The number of rotatable bonds is 3.